The lowest BCUT2D eigenvalue weighted by Gasteiger charge is -2.12. The molecule has 12 heteroatoms. The topological polar surface area (TPSA) is 130 Å². The fourth-order valence-corrected chi connectivity index (χ4v) is 3.58. The van der Waals surface area contributed by atoms with Gasteiger partial charge in [0.05, 0.1) is 15.5 Å². The molecule has 0 aliphatic carbocycles. The number of carbonyl (C=O) groups is 3. The summed E-state index contributed by atoms with van der Waals surface area (Å²) in [6.07, 6.45) is 1.06. The molecule has 0 aromatic heterocycles. The number of phenols is 1. The Morgan fingerprint density at radius 2 is 2.03 bits per heavy atom. The summed E-state index contributed by atoms with van der Waals surface area (Å²) >= 11 is 6.28. The Morgan fingerprint density at radius 3 is 2.70 bits per heavy atom. The Hall–Kier alpha value is -3.44. The number of anilines is 1. The number of aromatic hydroxyl groups is 1. The second kappa shape index (κ2) is 8.51. The van der Waals surface area contributed by atoms with Crippen molar-refractivity contribution in [1.82, 2.24) is 4.90 Å². The number of hydrogen-bond acceptors (Lipinski definition) is 7. The molecule has 0 radical (unpaired) electrons. The number of nitrogens with one attached hydrogen (secondary N) is 1. The van der Waals surface area contributed by atoms with Crippen LogP contribution in [0.5, 0.6) is 5.75 Å². The van der Waals surface area contributed by atoms with Crippen molar-refractivity contribution in [2.24, 2.45) is 0 Å². The summed E-state index contributed by atoms with van der Waals surface area (Å²) in [7, 11) is 0. The third-order valence-corrected chi connectivity index (χ3v) is 5.02. The number of nitro groups is 1. The Bertz CT molecular complexity index is 1120. The molecule has 0 atom stereocenters. The average Bonchev–Trinajstić information content (AvgIpc) is 2.93. The summed E-state index contributed by atoms with van der Waals surface area (Å²) < 4.78 is 13.6. The fourth-order valence-electron chi connectivity index (χ4n) is 2.53. The number of carbonyl (C=O) groups excluding carboxylic acids is 3. The fraction of sp³-hybridized carbons (Fsp3) is 0.0556. The number of thioether (sulfide) groups is 1. The van der Waals surface area contributed by atoms with Gasteiger partial charge >= 0.3 is 5.69 Å². The molecule has 2 aromatic carbocycles. The van der Waals surface area contributed by atoms with E-state index in [2.05, 4.69) is 5.32 Å². The molecule has 1 fully saturated rings. The van der Waals surface area contributed by atoms with E-state index in [0.29, 0.717) is 16.7 Å². The summed E-state index contributed by atoms with van der Waals surface area (Å²) in [5.74, 6) is -3.06. The lowest BCUT2D eigenvalue weighted by Crippen LogP contribution is -2.36. The Labute approximate surface area is 177 Å². The van der Waals surface area contributed by atoms with Gasteiger partial charge in [-0.15, -0.1) is 0 Å². The molecule has 0 spiro atoms. The minimum atomic E-state index is -0.851. The summed E-state index contributed by atoms with van der Waals surface area (Å²) in [4.78, 5) is 47.3. The minimum absolute atomic E-state index is 0.0609. The number of phenolic OH excluding ortho intramolecular Hbond substituents is 1. The van der Waals surface area contributed by atoms with Gasteiger partial charge < -0.3 is 10.4 Å². The SMILES string of the molecule is O=C(CN1C(=O)S/C(=C\c2cc(Cl)cc([N+](=O)[O-])c2O)C1=O)Nc1ccccc1F. The van der Waals surface area contributed by atoms with E-state index in [1.165, 1.54) is 24.3 Å². The molecule has 2 aromatic rings. The highest BCUT2D eigenvalue weighted by atomic mass is 35.5. The van der Waals surface area contributed by atoms with Crippen LogP contribution in [0.1, 0.15) is 5.56 Å². The van der Waals surface area contributed by atoms with E-state index in [1.54, 1.807) is 0 Å². The average molecular weight is 452 g/mol. The van der Waals surface area contributed by atoms with Crippen molar-refractivity contribution >= 4 is 57.9 Å². The lowest BCUT2D eigenvalue weighted by atomic mass is 10.1. The molecule has 1 aliphatic heterocycles. The van der Waals surface area contributed by atoms with Crippen LogP contribution in [-0.2, 0) is 9.59 Å². The summed E-state index contributed by atoms with van der Waals surface area (Å²) in [6.45, 7) is -0.669. The van der Waals surface area contributed by atoms with E-state index >= 15 is 0 Å². The molecule has 3 rings (SSSR count). The van der Waals surface area contributed by atoms with Crippen LogP contribution < -0.4 is 5.32 Å². The van der Waals surface area contributed by atoms with E-state index in [4.69, 9.17) is 11.6 Å². The van der Waals surface area contributed by atoms with Gasteiger partial charge in [0.15, 0.2) is 0 Å². The van der Waals surface area contributed by atoms with Crippen molar-refractivity contribution in [2.45, 2.75) is 0 Å². The number of para-hydroxylation sites is 1. The zero-order valence-corrected chi connectivity index (χ0v) is 16.4. The maximum atomic E-state index is 13.6. The smallest absolute Gasteiger partial charge is 0.312 e. The molecule has 0 bridgehead atoms. The molecule has 0 saturated carbocycles. The quantitative estimate of drug-likeness (QED) is 0.402. The second-order valence-corrected chi connectivity index (χ2v) is 7.35. The number of rotatable bonds is 5. The van der Waals surface area contributed by atoms with Gasteiger partial charge in [-0.05, 0) is 36.0 Å². The van der Waals surface area contributed by atoms with Gasteiger partial charge in [0.2, 0.25) is 11.7 Å². The number of benzene rings is 2. The molecule has 154 valence electrons. The molecular formula is C18H11ClFN3O6S. The highest BCUT2D eigenvalue weighted by Gasteiger charge is 2.36. The molecule has 30 heavy (non-hydrogen) atoms. The number of halogens is 2. The zero-order valence-electron chi connectivity index (χ0n) is 14.8. The third-order valence-electron chi connectivity index (χ3n) is 3.89. The first-order valence-corrected chi connectivity index (χ1v) is 9.33. The van der Waals surface area contributed by atoms with Gasteiger partial charge in [-0.3, -0.25) is 29.4 Å². The predicted octanol–water partition coefficient (Wildman–Crippen LogP) is 3.77. The van der Waals surface area contributed by atoms with E-state index in [-0.39, 0.29) is 21.2 Å². The normalized spacial score (nSPS) is 15.0. The second-order valence-electron chi connectivity index (χ2n) is 5.92. The van der Waals surface area contributed by atoms with Crippen LogP contribution in [0.2, 0.25) is 5.02 Å². The molecule has 1 saturated heterocycles. The number of nitro benzene ring substituents is 1. The van der Waals surface area contributed by atoms with Crippen molar-refractivity contribution in [3.05, 3.63) is 67.8 Å². The molecule has 2 N–H and O–H groups in total. The van der Waals surface area contributed by atoms with Gasteiger partial charge in [0, 0.05) is 16.7 Å². The number of hydrogen-bond donors (Lipinski definition) is 2. The van der Waals surface area contributed by atoms with Crippen molar-refractivity contribution in [3.8, 4) is 5.75 Å². The monoisotopic (exact) mass is 451 g/mol. The molecular weight excluding hydrogens is 441 g/mol. The predicted molar refractivity (Wildman–Crippen MR) is 107 cm³/mol. The first kappa shape index (κ1) is 21.3. The maximum absolute atomic E-state index is 13.6. The molecule has 3 amide bonds. The van der Waals surface area contributed by atoms with Crippen molar-refractivity contribution in [2.75, 3.05) is 11.9 Å². The maximum Gasteiger partial charge on any atom is 0.312 e. The minimum Gasteiger partial charge on any atom is -0.502 e. The van der Waals surface area contributed by atoms with Gasteiger partial charge in [0.25, 0.3) is 11.1 Å². The van der Waals surface area contributed by atoms with Gasteiger partial charge in [-0.25, -0.2) is 4.39 Å². The molecule has 1 aliphatic rings. The first-order valence-electron chi connectivity index (χ1n) is 8.14. The van der Waals surface area contributed by atoms with Gasteiger partial charge in [0.1, 0.15) is 12.4 Å². The largest absolute Gasteiger partial charge is 0.502 e. The highest BCUT2D eigenvalue weighted by molar-refractivity contribution is 8.18. The summed E-state index contributed by atoms with van der Waals surface area (Å²) in [5, 5.41) is 22.4. The Morgan fingerprint density at radius 1 is 1.33 bits per heavy atom. The van der Waals surface area contributed by atoms with Crippen LogP contribution in [0.3, 0.4) is 0 Å². The van der Waals surface area contributed by atoms with Crippen LogP contribution in [-0.4, -0.2) is 38.5 Å². The Balaban J connectivity index is 1.80. The van der Waals surface area contributed by atoms with Crippen LogP contribution >= 0.6 is 23.4 Å². The molecule has 9 nitrogen and oxygen atoms in total. The van der Waals surface area contributed by atoms with Crippen LogP contribution in [0, 0.1) is 15.9 Å². The van der Waals surface area contributed by atoms with Crippen molar-refractivity contribution < 1.29 is 28.8 Å². The molecule has 1 heterocycles. The summed E-state index contributed by atoms with van der Waals surface area (Å²) in [5.41, 5.74) is -0.922. The van der Waals surface area contributed by atoms with Crippen LogP contribution in [0.25, 0.3) is 6.08 Å². The summed E-state index contributed by atoms with van der Waals surface area (Å²) in [6, 6.07) is 7.50. The van der Waals surface area contributed by atoms with E-state index in [0.717, 1.165) is 18.2 Å². The third kappa shape index (κ3) is 4.42. The van der Waals surface area contributed by atoms with Crippen LogP contribution in [0.15, 0.2) is 41.3 Å². The number of amides is 3. The van der Waals surface area contributed by atoms with Crippen molar-refractivity contribution in [3.63, 3.8) is 0 Å². The van der Waals surface area contributed by atoms with E-state index in [1.807, 2.05) is 0 Å². The Kier molecular flexibility index (Phi) is 6.04. The van der Waals surface area contributed by atoms with Crippen LogP contribution in [0.4, 0.5) is 20.6 Å². The lowest BCUT2D eigenvalue weighted by molar-refractivity contribution is -0.385. The highest BCUT2D eigenvalue weighted by Crippen LogP contribution is 2.38. The zero-order chi connectivity index (χ0) is 22.0. The van der Waals surface area contributed by atoms with E-state index in [9.17, 15) is 34.0 Å². The number of imide groups is 1. The standard InChI is InChI=1S/C18H11ClFN3O6S/c19-10-5-9(16(25)13(7-10)23(28)29)6-14-17(26)22(18(27)30-14)8-15(24)21-12-4-2-1-3-11(12)20/h1-7,25H,8H2,(H,21,24)/b14-6-. The van der Waals surface area contributed by atoms with Gasteiger partial charge in [-0.1, -0.05) is 23.7 Å². The van der Waals surface area contributed by atoms with Crippen molar-refractivity contribution in [1.29, 1.82) is 0 Å². The van der Waals surface area contributed by atoms with Gasteiger partial charge in [-0.2, -0.15) is 0 Å². The van der Waals surface area contributed by atoms with E-state index < -0.39 is 45.8 Å². The first-order chi connectivity index (χ1) is 14.2. The molecule has 0 unspecified atom stereocenters. The number of nitrogens with zero attached hydrogens (tertiary/aromatic N) is 2.